The minimum atomic E-state index is 0.450. The van der Waals surface area contributed by atoms with E-state index in [0.717, 1.165) is 11.0 Å². The van der Waals surface area contributed by atoms with Gasteiger partial charge in [0.2, 0.25) is 5.88 Å². The van der Waals surface area contributed by atoms with E-state index in [-0.39, 0.29) is 0 Å². The molecule has 2 heterocycles. The summed E-state index contributed by atoms with van der Waals surface area (Å²) in [4.78, 5) is 8.26. The van der Waals surface area contributed by atoms with E-state index in [4.69, 9.17) is 10.5 Å². The number of fused-ring (bicyclic) bond motifs is 1. The molecule has 1 aromatic carbocycles. The van der Waals surface area contributed by atoms with Gasteiger partial charge in [-0.1, -0.05) is 12.1 Å². The Bertz CT molecular complexity index is 707. The molecule has 3 aromatic rings. The molecule has 0 amide bonds. The molecule has 0 unspecified atom stereocenters. The Hall–Kier alpha value is -2.63. The van der Waals surface area contributed by atoms with Gasteiger partial charge in [-0.15, -0.1) is 0 Å². The van der Waals surface area contributed by atoms with Crippen LogP contribution >= 0.6 is 0 Å². The van der Waals surface area contributed by atoms with Crippen molar-refractivity contribution in [2.45, 2.75) is 0 Å². The molecule has 90 valence electrons. The lowest BCUT2D eigenvalue weighted by atomic mass is 10.3. The zero-order valence-corrected chi connectivity index (χ0v) is 9.74. The van der Waals surface area contributed by atoms with Gasteiger partial charge in [-0.2, -0.15) is 5.10 Å². The van der Waals surface area contributed by atoms with Crippen molar-refractivity contribution in [1.82, 2.24) is 19.7 Å². The molecular formula is C12H11N5O. The number of ether oxygens (including phenoxy) is 1. The predicted octanol–water partition coefficient (Wildman–Crippen LogP) is 1.74. The first-order valence-electron chi connectivity index (χ1n) is 5.41. The smallest absolute Gasteiger partial charge is 0.233 e. The Morgan fingerprint density at radius 1 is 1.22 bits per heavy atom. The van der Waals surface area contributed by atoms with Crippen LogP contribution in [0.4, 0.5) is 5.69 Å². The summed E-state index contributed by atoms with van der Waals surface area (Å²) < 4.78 is 7.37. The Balaban J connectivity index is 2.08. The van der Waals surface area contributed by atoms with Crippen LogP contribution in [0.15, 0.2) is 36.8 Å². The number of rotatable bonds is 2. The largest absolute Gasteiger partial charge is 0.436 e. The minimum Gasteiger partial charge on any atom is -0.436 e. The van der Waals surface area contributed by atoms with Crippen molar-refractivity contribution in [1.29, 1.82) is 0 Å². The van der Waals surface area contributed by atoms with Crippen LogP contribution in [0.2, 0.25) is 0 Å². The fourth-order valence-electron chi connectivity index (χ4n) is 1.70. The monoisotopic (exact) mass is 241 g/mol. The van der Waals surface area contributed by atoms with Crippen LogP contribution in [0, 0.1) is 0 Å². The Morgan fingerprint density at radius 3 is 2.89 bits per heavy atom. The molecule has 0 spiro atoms. The number of aromatic nitrogens is 4. The van der Waals surface area contributed by atoms with E-state index in [1.54, 1.807) is 23.0 Å². The molecule has 0 atom stereocenters. The molecule has 3 rings (SSSR count). The lowest BCUT2D eigenvalue weighted by molar-refractivity contribution is 0.470. The fourth-order valence-corrected chi connectivity index (χ4v) is 1.70. The Kier molecular flexibility index (Phi) is 2.33. The van der Waals surface area contributed by atoms with Crippen LogP contribution in [-0.4, -0.2) is 19.7 Å². The number of benzene rings is 1. The number of anilines is 1. The summed E-state index contributed by atoms with van der Waals surface area (Å²) >= 11 is 0. The van der Waals surface area contributed by atoms with Crippen LogP contribution < -0.4 is 10.5 Å². The van der Waals surface area contributed by atoms with Crippen molar-refractivity contribution < 1.29 is 4.74 Å². The van der Waals surface area contributed by atoms with Gasteiger partial charge in [0, 0.05) is 7.05 Å². The number of nitrogen functional groups attached to an aromatic ring is 1. The number of nitrogens with two attached hydrogens (primary N) is 1. The van der Waals surface area contributed by atoms with Gasteiger partial charge in [0.05, 0.1) is 11.9 Å². The number of para-hydroxylation sites is 2. The third kappa shape index (κ3) is 1.64. The van der Waals surface area contributed by atoms with E-state index < -0.39 is 0 Å². The van der Waals surface area contributed by atoms with E-state index in [1.807, 2.05) is 19.2 Å². The summed E-state index contributed by atoms with van der Waals surface area (Å²) in [6, 6.07) is 7.27. The van der Waals surface area contributed by atoms with Crippen LogP contribution in [0.3, 0.4) is 0 Å². The van der Waals surface area contributed by atoms with Crippen LogP contribution in [0.1, 0.15) is 0 Å². The van der Waals surface area contributed by atoms with Crippen molar-refractivity contribution in [2.75, 3.05) is 5.73 Å². The highest BCUT2D eigenvalue weighted by molar-refractivity contribution is 5.80. The second-order valence-corrected chi connectivity index (χ2v) is 3.82. The van der Waals surface area contributed by atoms with Crippen molar-refractivity contribution in [2.24, 2.45) is 7.05 Å². The number of aryl methyl sites for hydroxylation is 1. The van der Waals surface area contributed by atoms with E-state index >= 15 is 0 Å². The van der Waals surface area contributed by atoms with Crippen LogP contribution in [0.5, 0.6) is 11.6 Å². The molecule has 0 saturated carbocycles. The molecule has 2 N–H and O–H groups in total. The van der Waals surface area contributed by atoms with Gasteiger partial charge in [0.1, 0.15) is 11.7 Å². The van der Waals surface area contributed by atoms with Crippen molar-refractivity contribution >= 4 is 16.7 Å². The van der Waals surface area contributed by atoms with E-state index in [1.165, 1.54) is 6.33 Å². The van der Waals surface area contributed by atoms with E-state index in [0.29, 0.717) is 17.3 Å². The van der Waals surface area contributed by atoms with Crippen molar-refractivity contribution in [3.63, 3.8) is 0 Å². The summed E-state index contributed by atoms with van der Waals surface area (Å²) in [5.41, 5.74) is 7.11. The quantitative estimate of drug-likeness (QED) is 0.691. The molecule has 6 heteroatoms. The molecule has 0 fully saturated rings. The second kappa shape index (κ2) is 3.99. The number of nitrogens with zero attached hydrogens (tertiary/aromatic N) is 4. The molecule has 18 heavy (non-hydrogen) atoms. The topological polar surface area (TPSA) is 78.9 Å². The van der Waals surface area contributed by atoms with Crippen molar-refractivity contribution in [3.8, 4) is 11.6 Å². The number of hydrogen-bond acceptors (Lipinski definition) is 5. The third-order valence-electron chi connectivity index (χ3n) is 2.62. The highest BCUT2D eigenvalue weighted by Crippen LogP contribution is 2.29. The highest BCUT2D eigenvalue weighted by Gasteiger charge is 2.10. The first-order chi connectivity index (χ1) is 8.75. The maximum atomic E-state index is 5.83. The van der Waals surface area contributed by atoms with Gasteiger partial charge >= 0.3 is 0 Å². The lowest BCUT2D eigenvalue weighted by Gasteiger charge is -2.07. The van der Waals surface area contributed by atoms with Crippen LogP contribution in [0.25, 0.3) is 11.0 Å². The van der Waals surface area contributed by atoms with Gasteiger partial charge in [0.15, 0.2) is 11.4 Å². The first kappa shape index (κ1) is 10.5. The second-order valence-electron chi connectivity index (χ2n) is 3.82. The summed E-state index contributed by atoms with van der Waals surface area (Å²) in [5, 5.41) is 4.88. The zero-order valence-electron chi connectivity index (χ0n) is 9.74. The normalized spacial score (nSPS) is 10.7. The average molecular weight is 241 g/mol. The maximum absolute atomic E-state index is 5.83. The molecule has 6 nitrogen and oxygen atoms in total. The Labute approximate surface area is 103 Å². The molecule has 0 aliphatic rings. The summed E-state index contributed by atoms with van der Waals surface area (Å²) in [7, 11) is 1.82. The van der Waals surface area contributed by atoms with Gasteiger partial charge in [-0.25, -0.2) is 9.97 Å². The van der Waals surface area contributed by atoms with Gasteiger partial charge in [-0.05, 0) is 12.1 Å². The van der Waals surface area contributed by atoms with Gasteiger partial charge in [0.25, 0.3) is 0 Å². The molecule has 0 aliphatic carbocycles. The molecular weight excluding hydrogens is 230 g/mol. The van der Waals surface area contributed by atoms with Crippen molar-refractivity contribution in [3.05, 3.63) is 36.8 Å². The maximum Gasteiger partial charge on any atom is 0.233 e. The Morgan fingerprint density at radius 2 is 2.06 bits per heavy atom. The molecule has 0 saturated heterocycles. The van der Waals surface area contributed by atoms with Crippen LogP contribution in [-0.2, 0) is 7.05 Å². The SMILES string of the molecule is Cn1ncc2c(Oc3ccccc3N)ncnc21. The summed E-state index contributed by atoms with van der Waals surface area (Å²) in [6.45, 7) is 0. The lowest BCUT2D eigenvalue weighted by Crippen LogP contribution is -1.96. The average Bonchev–Trinajstić information content (AvgIpc) is 2.76. The highest BCUT2D eigenvalue weighted by atomic mass is 16.5. The standard InChI is InChI=1S/C12H11N5O/c1-17-11-8(6-16-17)12(15-7-14-11)18-10-5-3-2-4-9(10)13/h2-7H,13H2,1H3. The molecule has 0 aliphatic heterocycles. The summed E-state index contributed by atoms with van der Waals surface area (Å²) in [6.07, 6.45) is 3.11. The minimum absolute atomic E-state index is 0.450. The number of hydrogen-bond donors (Lipinski definition) is 1. The summed E-state index contributed by atoms with van der Waals surface area (Å²) in [5.74, 6) is 1.02. The van der Waals surface area contributed by atoms with E-state index in [2.05, 4.69) is 15.1 Å². The zero-order chi connectivity index (χ0) is 12.5. The van der Waals surface area contributed by atoms with Gasteiger partial charge in [-0.3, -0.25) is 4.68 Å². The molecule has 2 aromatic heterocycles. The van der Waals surface area contributed by atoms with Gasteiger partial charge < -0.3 is 10.5 Å². The predicted molar refractivity (Wildman–Crippen MR) is 67.2 cm³/mol. The molecule has 0 radical (unpaired) electrons. The first-order valence-corrected chi connectivity index (χ1v) is 5.41. The van der Waals surface area contributed by atoms with E-state index in [9.17, 15) is 0 Å². The fraction of sp³-hybridized carbons (Fsp3) is 0.0833. The third-order valence-corrected chi connectivity index (χ3v) is 2.62. The molecule has 0 bridgehead atoms.